The SMILES string of the molecule is Cc1ccc(S(=O)(=O)N(CC(=O)NCCSCc2c(F)cccc2Cl)c2ccc(F)cc2)cc1. The summed E-state index contributed by atoms with van der Waals surface area (Å²) in [5, 5.41) is 3.02. The Kier molecular flexibility index (Phi) is 8.93. The summed E-state index contributed by atoms with van der Waals surface area (Å²) in [4.78, 5) is 12.6. The van der Waals surface area contributed by atoms with E-state index in [1.807, 2.05) is 6.92 Å². The Morgan fingerprint density at radius 1 is 1.03 bits per heavy atom. The fraction of sp³-hybridized carbons (Fsp3) is 0.208. The van der Waals surface area contributed by atoms with Crippen LogP contribution in [0.2, 0.25) is 5.02 Å². The molecule has 0 aliphatic heterocycles. The summed E-state index contributed by atoms with van der Waals surface area (Å²) in [6.07, 6.45) is 0. The minimum Gasteiger partial charge on any atom is -0.354 e. The van der Waals surface area contributed by atoms with Gasteiger partial charge in [0.1, 0.15) is 18.2 Å². The molecule has 5 nitrogen and oxygen atoms in total. The van der Waals surface area contributed by atoms with Crippen molar-refractivity contribution in [2.75, 3.05) is 23.1 Å². The van der Waals surface area contributed by atoms with E-state index in [-0.39, 0.29) is 22.9 Å². The van der Waals surface area contributed by atoms with E-state index in [2.05, 4.69) is 5.32 Å². The number of thioether (sulfide) groups is 1. The maximum Gasteiger partial charge on any atom is 0.264 e. The molecule has 10 heteroatoms. The van der Waals surface area contributed by atoms with Gasteiger partial charge in [0, 0.05) is 28.6 Å². The number of sulfonamides is 1. The summed E-state index contributed by atoms with van der Waals surface area (Å²) in [6, 6.07) is 15.6. The molecule has 0 aliphatic rings. The number of aryl methyl sites for hydroxylation is 1. The summed E-state index contributed by atoms with van der Waals surface area (Å²) in [5.41, 5.74) is 1.45. The second kappa shape index (κ2) is 11.7. The van der Waals surface area contributed by atoms with Crippen molar-refractivity contribution >= 4 is 45.0 Å². The number of carbonyl (C=O) groups is 1. The predicted octanol–water partition coefficient (Wildman–Crippen LogP) is 5.17. The molecule has 0 saturated carbocycles. The molecule has 3 aromatic rings. The van der Waals surface area contributed by atoms with Crippen LogP contribution in [0.25, 0.3) is 0 Å². The molecular formula is C24H23ClF2N2O3S2. The molecule has 1 N–H and O–H groups in total. The molecule has 3 aromatic carbocycles. The van der Waals surface area contributed by atoms with E-state index in [4.69, 9.17) is 11.6 Å². The van der Waals surface area contributed by atoms with Gasteiger partial charge in [-0.1, -0.05) is 35.4 Å². The van der Waals surface area contributed by atoms with Crippen LogP contribution in [0, 0.1) is 18.6 Å². The van der Waals surface area contributed by atoms with Crippen molar-refractivity contribution in [3.63, 3.8) is 0 Å². The minimum absolute atomic E-state index is 0.0209. The van der Waals surface area contributed by atoms with E-state index in [0.717, 1.165) is 22.0 Å². The van der Waals surface area contributed by atoms with Crippen molar-refractivity contribution in [2.45, 2.75) is 17.6 Å². The Bertz CT molecular complexity index is 1220. The predicted molar refractivity (Wildman–Crippen MR) is 133 cm³/mol. The third kappa shape index (κ3) is 6.71. The first-order valence-electron chi connectivity index (χ1n) is 10.3. The smallest absolute Gasteiger partial charge is 0.264 e. The normalized spacial score (nSPS) is 11.3. The molecule has 0 spiro atoms. The zero-order valence-corrected chi connectivity index (χ0v) is 20.7. The Morgan fingerprint density at radius 2 is 1.71 bits per heavy atom. The van der Waals surface area contributed by atoms with Gasteiger partial charge in [0.2, 0.25) is 5.91 Å². The molecule has 1 amide bonds. The van der Waals surface area contributed by atoms with Crippen molar-refractivity contribution in [3.8, 4) is 0 Å². The lowest BCUT2D eigenvalue weighted by Gasteiger charge is -2.24. The number of anilines is 1. The monoisotopic (exact) mass is 524 g/mol. The number of rotatable bonds is 10. The van der Waals surface area contributed by atoms with Crippen LogP contribution in [-0.4, -0.2) is 33.2 Å². The average Bonchev–Trinajstić information content (AvgIpc) is 2.80. The van der Waals surface area contributed by atoms with Gasteiger partial charge in [-0.25, -0.2) is 17.2 Å². The molecular weight excluding hydrogens is 502 g/mol. The van der Waals surface area contributed by atoms with Crippen molar-refractivity contribution in [1.82, 2.24) is 5.32 Å². The Balaban J connectivity index is 1.64. The van der Waals surface area contributed by atoms with Gasteiger partial charge < -0.3 is 5.32 Å². The topological polar surface area (TPSA) is 66.5 Å². The van der Waals surface area contributed by atoms with E-state index in [0.29, 0.717) is 22.1 Å². The van der Waals surface area contributed by atoms with Gasteiger partial charge in [-0.05, 0) is 55.5 Å². The lowest BCUT2D eigenvalue weighted by atomic mass is 10.2. The first-order chi connectivity index (χ1) is 16.2. The number of hydrogen-bond acceptors (Lipinski definition) is 4. The number of benzene rings is 3. The van der Waals surface area contributed by atoms with Gasteiger partial charge >= 0.3 is 0 Å². The van der Waals surface area contributed by atoms with Crippen molar-refractivity contribution in [3.05, 3.63) is 94.5 Å². The summed E-state index contributed by atoms with van der Waals surface area (Å²) < 4.78 is 54.7. The number of nitrogens with one attached hydrogen (secondary N) is 1. The van der Waals surface area contributed by atoms with E-state index in [1.165, 1.54) is 48.2 Å². The first kappa shape index (κ1) is 26.0. The van der Waals surface area contributed by atoms with Gasteiger partial charge in [0.05, 0.1) is 10.6 Å². The lowest BCUT2D eigenvalue weighted by Crippen LogP contribution is -2.41. The number of carbonyl (C=O) groups excluding carboxylic acids is 1. The van der Waals surface area contributed by atoms with Gasteiger partial charge in [-0.15, -0.1) is 0 Å². The van der Waals surface area contributed by atoms with Gasteiger partial charge in [-0.3, -0.25) is 9.10 Å². The van der Waals surface area contributed by atoms with Crippen LogP contribution < -0.4 is 9.62 Å². The quantitative estimate of drug-likeness (QED) is 0.371. The Hall–Kier alpha value is -2.62. The zero-order valence-electron chi connectivity index (χ0n) is 18.3. The van der Waals surface area contributed by atoms with E-state index in [1.54, 1.807) is 18.2 Å². The van der Waals surface area contributed by atoms with Crippen molar-refractivity contribution in [2.24, 2.45) is 0 Å². The van der Waals surface area contributed by atoms with Crippen LogP contribution in [0.4, 0.5) is 14.5 Å². The van der Waals surface area contributed by atoms with Crippen LogP contribution in [0.5, 0.6) is 0 Å². The van der Waals surface area contributed by atoms with Crippen molar-refractivity contribution < 1.29 is 22.0 Å². The maximum atomic E-state index is 13.8. The average molecular weight is 525 g/mol. The molecule has 3 rings (SSSR count). The summed E-state index contributed by atoms with van der Waals surface area (Å²) in [7, 11) is -4.07. The van der Waals surface area contributed by atoms with Crippen molar-refractivity contribution in [1.29, 1.82) is 0 Å². The van der Waals surface area contributed by atoms with Crippen LogP contribution >= 0.6 is 23.4 Å². The molecule has 0 unspecified atom stereocenters. The molecule has 0 aliphatic carbocycles. The highest BCUT2D eigenvalue weighted by atomic mass is 35.5. The summed E-state index contributed by atoms with van der Waals surface area (Å²) in [6.45, 7) is 1.60. The molecule has 0 atom stereocenters. The molecule has 34 heavy (non-hydrogen) atoms. The molecule has 0 radical (unpaired) electrons. The minimum atomic E-state index is -4.07. The van der Waals surface area contributed by atoms with E-state index in [9.17, 15) is 22.0 Å². The van der Waals surface area contributed by atoms with Gasteiger partial charge in [0.25, 0.3) is 10.0 Å². The summed E-state index contributed by atoms with van der Waals surface area (Å²) >= 11 is 7.40. The van der Waals surface area contributed by atoms with Gasteiger partial charge in [-0.2, -0.15) is 11.8 Å². The molecule has 0 aromatic heterocycles. The highest BCUT2D eigenvalue weighted by Crippen LogP contribution is 2.25. The third-order valence-corrected chi connectivity index (χ3v) is 8.02. The number of amides is 1. The second-order valence-corrected chi connectivity index (χ2v) is 10.8. The molecule has 0 saturated heterocycles. The fourth-order valence-electron chi connectivity index (χ4n) is 3.05. The fourth-order valence-corrected chi connectivity index (χ4v) is 5.67. The largest absolute Gasteiger partial charge is 0.354 e. The second-order valence-electron chi connectivity index (χ2n) is 7.40. The highest BCUT2D eigenvalue weighted by molar-refractivity contribution is 7.98. The van der Waals surface area contributed by atoms with Crippen LogP contribution in [0.15, 0.2) is 71.6 Å². The maximum absolute atomic E-state index is 13.8. The highest BCUT2D eigenvalue weighted by Gasteiger charge is 2.27. The number of halogens is 3. The molecule has 0 heterocycles. The standard InChI is InChI=1S/C24H23ClF2N2O3S2/c1-17-5-11-20(12-6-17)34(31,32)29(19-9-7-18(26)8-10-19)15-24(30)28-13-14-33-16-21-22(25)3-2-4-23(21)27/h2-12H,13-16H2,1H3,(H,28,30). The number of nitrogens with zero attached hydrogens (tertiary/aromatic N) is 1. The number of hydrogen-bond donors (Lipinski definition) is 1. The van der Waals surface area contributed by atoms with Gasteiger partial charge in [0.15, 0.2) is 0 Å². The summed E-state index contributed by atoms with van der Waals surface area (Å²) in [5.74, 6) is -0.625. The van der Waals surface area contributed by atoms with Crippen LogP contribution in [-0.2, 0) is 20.6 Å². The first-order valence-corrected chi connectivity index (χ1v) is 13.3. The molecule has 180 valence electrons. The van der Waals surface area contributed by atoms with E-state index >= 15 is 0 Å². The molecule has 0 fully saturated rings. The van der Waals surface area contributed by atoms with E-state index < -0.39 is 28.3 Å². The lowest BCUT2D eigenvalue weighted by molar-refractivity contribution is -0.119. The Labute approximate surface area is 207 Å². The molecule has 0 bridgehead atoms. The third-order valence-electron chi connectivity index (χ3n) is 4.89. The van der Waals surface area contributed by atoms with Crippen LogP contribution in [0.3, 0.4) is 0 Å². The Morgan fingerprint density at radius 3 is 2.35 bits per heavy atom. The van der Waals surface area contributed by atoms with Crippen LogP contribution in [0.1, 0.15) is 11.1 Å². The zero-order chi connectivity index (χ0) is 24.7.